The van der Waals surface area contributed by atoms with E-state index in [0.29, 0.717) is 15.7 Å². The first-order valence-corrected chi connectivity index (χ1v) is 8.72. The number of alkyl carbamates (subject to hydrolysis) is 1. The van der Waals surface area contributed by atoms with E-state index in [-0.39, 0.29) is 31.0 Å². The zero-order chi connectivity index (χ0) is 19.1. The highest BCUT2D eigenvalue weighted by Crippen LogP contribution is 2.26. The molecule has 2 amide bonds. The summed E-state index contributed by atoms with van der Waals surface area (Å²) in [5.74, 6) is 0.0160. The first kappa shape index (κ1) is 20.0. The van der Waals surface area contributed by atoms with Crippen LogP contribution < -0.4 is 10.6 Å². The largest absolute Gasteiger partial charge is 0.449 e. The molecule has 0 aromatic heterocycles. The number of hydrogen-bond acceptors (Lipinski definition) is 4. The molecule has 26 heavy (non-hydrogen) atoms. The van der Waals surface area contributed by atoms with E-state index in [1.165, 1.54) is 6.07 Å². The Hall–Kier alpha value is -2.32. The fourth-order valence-corrected chi connectivity index (χ4v) is 2.25. The summed E-state index contributed by atoms with van der Waals surface area (Å²) in [5, 5.41) is 5.75. The molecule has 10 heteroatoms. The Bertz CT molecular complexity index is 751. The average Bonchev–Trinajstić information content (AvgIpc) is 2.88. The van der Waals surface area contributed by atoms with Gasteiger partial charge in [-0.25, -0.2) is 9.79 Å². The van der Waals surface area contributed by atoms with Crippen LogP contribution in [0.3, 0.4) is 0 Å². The molecule has 140 valence electrons. The molecule has 1 aliphatic rings. The summed E-state index contributed by atoms with van der Waals surface area (Å²) in [6, 6.07) is 4.73. The van der Waals surface area contributed by atoms with Gasteiger partial charge in [0.25, 0.3) is 0 Å². The van der Waals surface area contributed by atoms with Crippen molar-refractivity contribution in [1.82, 2.24) is 15.5 Å². The Kier molecular flexibility index (Phi) is 7.23. The number of rotatable bonds is 4. The van der Waals surface area contributed by atoms with Crippen molar-refractivity contribution < 1.29 is 14.3 Å². The monoisotopic (exact) mass is 399 g/mol. The maximum Gasteiger partial charge on any atom is 0.414 e. The molecule has 0 atom stereocenters. The van der Waals surface area contributed by atoms with Gasteiger partial charge in [0.1, 0.15) is 0 Å². The summed E-state index contributed by atoms with van der Waals surface area (Å²) < 4.78 is 5.06. The van der Waals surface area contributed by atoms with Crippen LogP contribution in [-0.2, 0) is 9.53 Å². The molecule has 2 N–H and O–H groups in total. The summed E-state index contributed by atoms with van der Waals surface area (Å²) in [7, 11) is 1.69. The average molecular weight is 400 g/mol. The van der Waals surface area contributed by atoms with Gasteiger partial charge in [0.2, 0.25) is 17.8 Å². The number of benzene rings is 1. The van der Waals surface area contributed by atoms with E-state index in [4.69, 9.17) is 27.9 Å². The number of halogens is 2. The number of hydrogen-bond donors (Lipinski definition) is 2. The second-order valence-corrected chi connectivity index (χ2v) is 6.30. The number of likely N-dealkylation sites (N-methyl/N-ethyl adjacent to an activating group) is 1. The van der Waals surface area contributed by atoms with E-state index in [1.54, 1.807) is 24.1 Å². The number of carbonyl (C=O) groups is 2. The van der Waals surface area contributed by atoms with Crippen molar-refractivity contribution in [2.24, 2.45) is 9.98 Å². The van der Waals surface area contributed by atoms with Crippen LogP contribution in [-0.4, -0.2) is 49.0 Å². The first-order chi connectivity index (χ1) is 12.4. The zero-order valence-corrected chi connectivity index (χ0v) is 15.9. The van der Waals surface area contributed by atoms with Crippen LogP contribution in [0.15, 0.2) is 28.2 Å². The molecule has 1 saturated heterocycles. The molecule has 1 fully saturated rings. The Balaban J connectivity index is 2.24. The lowest BCUT2D eigenvalue weighted by Crippen LogP contribution is -2.35. The van der Waals surface area contributed by atoms with Gasteiger partial charge in [-0.2, -0.15) is 4.99 Å². The molecule has 0 radical (unpaired) electrons. The Morgan fingerprint density at radius 3 is 2.77 bits per heavy atom. The fourth-order valence-electron chi connectivity index (χ4n) is 1.96. The zero-order valence-electron chi connectivity index (χ0n) is 14.4. The van der Waals surface area contributed by atoms with Gasteiger partial charge < -0.3 is 9.64 Å². The third-order valence-electron chi connectivity index (χ3n) is 3.29. The van der Waals surface area contributed by atoms with Crippen LogP contribution in [0, 0.1) is 0 Å². The van der Waals surface area contributed by atoms with E-state index < -0.39 is 6.09 Å². The van der Waals surface area contributed by atoms with E-state index in [2.05, 4.69) is 20.6 Å². The molecule has 0 spiro atoms. The van der Waals surface area contributed by atoms with Crippen LogP contribution >= 0.6 is 23.2 Å². The molecule has 0 bridgehead atoms. The SMILES string of the molecule is CCCCOC(=O)NC(=Nc1ccc(Cl)c(Cl)c1)N=C1NC(=O)CN1C. The van der Waals surface area contributed by atoms with E-state index in [9.17, 15) is 9.59 Å². The normalized spacial score (nSPS) is 16.0. The Morgan fingerprint density at radius 1 is 1.38 bits per heavy atom. The van der Waals surface area contributed by atoms with Crippen molar-refractivity contribution in [3.63, 3.8) is 0 Å². The summed E-state index contributed by atoms with van der Waals surface area (Å²) >= 11 is 11.9. The minimum absolute atomic E-state index is 0.0473. The predicted octanol–water partition coefficient (Wildman–Crippen LogP) is 2.92. The quantitative estimate of drug-likeness (QED) is 0.462. The highest BCUT2D eigenvalue weighted by Gasteiger charge is 2.22. The molecular weight excluding hydrogens is 381 g/mol. The van der Waals surface area contributed by atoms with Gasteiger partial charge in [0, 0.05) is 7.05 Å². The van der Waals surface area contributed by atoms with E-state index >= 15 is 0 Å². The molecule has 1 aliphatic heterocycles. The van der Waals surface area contributed by atoms with Crippen molar-refractivity contribution in [2.45, 2.75) is 19.8 Å². The highest BCUT2D eigenvalue weighted by molar-refractivity contribution is 6.42. The number of carbonyl (C=O) groups excluding carboxylic acids is 2. The molecule has 1 aromatic rings. The van der Waals surface area contributed by atoms with Crippen LogP contribution in [0.2, 0.25) is 10.0 Å². The third-order valence-corrected chi connectivity index (χ3v) is 4.03. The van der Waals surface area contributed by atoms with E-state index in [1.807, 2.05) is 6.92 Å². The summed E-state index contributed by atoms with van der Waals surface area (Å²) in [6.07, 6.45) is 0.963. The van der Waals surface area contributed by atoms with Crippen molar-refractivity contribution in [3.8, 4) is 0 Å². The van der Waals surface area contributed by atoms with Gasteiger partial charge in [-0.05, 0) is 24.6 Å². The molecule has 0 unspecified atom stereocenters. The Morgan fingerprint density at radius 2 is 2.15 bits per heavy atom. The number of nitrogens with zero attached hydrogens (tertiary/aromatic N) is 3. The number of nitrogens with one attached hydrogen (secondary N) is 2. The number of ether oxygens (including phenoxy) is 1. The lowest BCUT2D eigenvalue weighted by Gasteiger charge is -2.11. The number of guanidine groups is 2. The van der Waals surface area contributed by atoms with Gasteiger partial charge in [0.15, 0.2) is 0 Å². The van der Waals surface area contributed by atoms with Crippen LogP contribution in [0.5, 0.6) is 0 Å². The standard InChI is InChI=1S/C16H19Cl2N5O3/c1-3-4-7-26-16(25)22-14(21-15-20-13(24)9-23(15)2)19-10-5-6-11(17)12(18)8-10/h5-6,8H,3-4,7,9H2,1-2H3,(H2,19,20,21,22,24,25). The third kappa shape index (κ3) is 5.89. The molecule has 1 heterocycles. The van der Waals surface area contributed by atoms with Gasteiger partial charge in [-0.1, -0.05) is 36.5 Å². The smallest absolute Gasteiger partial charge is 0.414 e. The maximum atomic E-state index is 11.9. The highest BCUT2D eigenvalue weighted by atomic mass is 35.5. The number of aliphatic imine (C=N–C) groups is 2. The summed E-state index contributed by atoms with van der Waals surface area (Å²) in [6.45, 7) is 2.44. The summed E-state index contributed by atoms with van der Waals surface area (Å²) in [5.41, 5.74) is 0.430. The second-order valence-electron chi connectivity index (χ2n) is 5.49. The lowest BCUT2D eigenvalue weighted by molar-refractivity contribution is -0.118. The van der Waals surface area contributed by atoms with Gasteiger partial charge in [-0.15, -0.1) is 0 Å². The molecular formula is C16H19Cl2N5O3. The van der Waals surface area contributed by atoms with E-state index in [0.717, 1.165) is 12.8 Å². The maximum absolute atomic E-state index is 11.9. The minimum atomic E-state index is -0.686. The van der Waals surface area contributed by atoms with Gasteiger partial charge in [-0.3, -0.25) is 15.4 Å². The minimum Gasteiger partial charge on any atom is -0.449 e. The molecule has 0 aliphatic carbocycles. The molecule has 1 aromatic carbocycles. The molecule has 0 saturated carbocycles. The predicted molar refractivity (Wildman–Crippen MR) is 101 cm³/mol. The molecule has 2 rings (SSSR count). The number of amides is 2. The van der Waals surface area contributed by atoms with Crippen molar-refractivity contribution in [1.29, 1.82) is 0 Å². The fraction of sp³-hybridized carbons (Fsp3) is 0.375. The van der Waals surface area contributed by atoms with Crippen LogP contribution in [0.25, 0.3) is 0 Å². The lowest BCUT2D eigenvalue weighted by atomic mass is 10.3. The molecule has 8 nitrogen and oxygen atoms in total. The summed E-state index contributed by atoms with van der Waals surface area (Å²) in [4.78, 5) is 33.4. The van der Waals surface area contributed by atoms with Crippen LogP contribution in [0.1, 0.15) is 19.8 Å². The number of unbranched alkanes of at least 4 members (excludes halogenated alkanes) is 1. The van der Waals surface area contributed by atoms with Crippen LogP contribution in [0.4, 0.5) is 10.5 Å². The van der Waals surface area contributed by atoms with Gasteiger partial charge in [0.05, 0.1) is 28.9 Å². The van der Waals surface area contributed by atoms with Gasteiger partial charge >= 0.3 is 6.09 Å². The van der Waals surface area contributed by atoms with Crippen molar-refractivity contribution >= 4 is 52.8 Å². The Labute approximate surface area is 161 Å². The first-order valence-electron chi connectivity index (χ1n) is 7.96. The topological polar surface area (TPSA) is 95.4 Å². The van der Waals surface area contributed by atoms with Crippen molar-refractivity contribution in [2.75, 3.05) is 20.2 Å². The van der Waals surface area contributed by atoms with Crippen molar-refractivity contribution in [3.05, 3.63) is 28.2 Å². The second kappa shape index (κ2) is 9.40.